The summed E-state index contributed by atoms with van der Waals surface area (Å²) >= 11 is 1.05. The van der Waals surface area contributed by atoms with Crippen LogP contribution in [0.4, 0.5) is 4.79 Å². The van der Waals surface area contributed by atoms with E-state index in [0.717, 1.165) is 33.8 Å². The number of aromatic nitrogens is 1. The average Bonchev–Trinajstić information content (AvgIpc) is 3.19. The molecule has 2 amide bonds. The molecule has 2 unspecified atom stereocenters. The zero-order valence-corrected chi connectivity index (χ0v) is 15.0. The second kappa shape index (κ2) is 6.63. The Labute approximate surface area is 155 Å². The smallest absolute Gasteiger partial charge is 0.289 e. The van der Waals surface area contributed by atoms with Crippen molar-refractivity contribution in [3.05, 3.63) is 71.9 Å². The van der Waals surface area contributed by atoms with Gasteiger partial charge in [-0.2, -0.15) is 0 Å². The van der Waals surface area contributed by atoms with Crippen molar-refractivity contribution in [1.29, 1.82) is 0 Å². The van der Waals surface area contributed by atoms with E-state index >= 15 is 0 Å². The zero-order valence-electron chi connectivity index (χ0n) is 14.2. The van der Waals surface area contributed by atoms with Crippen LogP contribution in [-0.2, 0) is 11.3 Å². The number of imide groups is 1. The molecule has 1 saturated heterocycles. The number of likely N-dealkylation sites (N-methyl/N-ethyl adjacent to an activating group) is 1. The quantitative estimate of drug-likeness (QED) is 0.764. The van der Waals surface area contributed by atoms with Crippen LogP contribution >= 0.6 is 11.8 Å². The van der Waals surface area contributed by atoms with Gasteiger partial charge in [0, 0.05) is 24.1 Å². The molecule has 2 heterocycles. The van der Waals surface area contributed by atoms with Gasteiger partial charge in [-0.3, -0.25) is 14.5 Å². The predicted octanol–water partition coefficient (Wildman–Crippen LogP) is 3.74. The number of aliphatic hydroxyl groups is 1. The highest BCUT2D eigenvalue weighted by molar-refractivity contribution is 8.15. The Morgan fingerprint density at radius 2 is 1.85 bits per heavy atom. The van der Waals surface area contributed by atoms with Crippen LogP contribution in [0.2, 0.25) is 0 Å². The van der Waals surface area contributed by atoms with E-state index in [1.165, 1.54) is 11.9 Å². The zero-order chi connectivity index (χ0) is 18.3. The van der Waals surface area contributed by atoms with Crippen LogP contribution in [0.1, 0.15) is 22.5 Å². The second-order valence-corrected chi connectivity index (χ2v) is 7.39. The van der Waals surface area contributed by atoms with Crippen molar-refractivity contribution < 1.29 is 14.7 Å². The lowest BCUT2D eigenvalue weighted by Crippen LogP contribution is -2.24. The van der Waals surface area contributed by atoms with E-state index in [4.69, 9.17) is 0 Å². The molecule has 1 N–H and O–H groups in total. The summed E-state index contributed by atoms with van der Waals surface area (Å²) in [7, 11) is 1.51. The Morgan fingerprint density at radius 1 is 1.08 bits per heavy atom. The second-order valence-electron chi connectivity index (χ2n) is 6.34. The van der Waals surface area contributed by atoms with Gasteiger partial charge in [-0.1, -0.05) is 42.5 Å². The van der Waals surface area contributed by atoms with Crippen LogP contribution < -0.4 is 0 Å². The third-order valence-electron chi connectivity index (χ3n) is 4.73. The van der Waals surface area contributed by atoms with Crippen LogP contribution in [0.25, 0.3) is 10.9 Å². The summed E-state index contributed by atoms with van der Waals surface area (Å²) < 4.78 is 1.98. The highest BCUT2D eigenvalue weighted by atomic mass is 32.2. The summed E-state index contributed by atoms with van der Waals surface area (Å²) in [5.41, 5.74) is 2.63. The first-order chi connectivity index (χ1) is 12.6. The molecule has 0 bridgehead atoms. The highest BCUT2D eigenvalue weighted by Crippen LogP contribution is 2.41. The fourth-order valence-electron chi connectivity index (χ4n) is 3.29. The highest BCUT2D eigenvalue weighted by Gasteiger charge is 2.39. The molecule has 4 rings (SSSR count). The molecule has 1 aliphatic rings. The summed E-state index contributed by atoms with van der Waals surface area (Å²) in [5, 5.41) is 10.7. The van der Waals surface area contributed by atoms with Gasteiger partial charge in [0.2, 0.25) is 5.91 Å². The monoisotopic (exact) mass is 366 g/mol. The van der Waals surface area contributed by atoms with Crippen LogP contribution in [-0.4, -0.2) is 32.8 Å². The maximum Gasteiger partial charge on any atom is 0.289 e. The van der Waals surface area contributed by atoms with Crippen molar-refractivity contribution in [3.63, 3.8) is 0 Å². The summed E-state index contributed by atoms with van der Waals surface area (Å²) in [5.74, 6) is -0.190. The van der Waals surface area contributed by atoms with Gasteiger partial charge in [0.1, 0.15) is 5.25 Å². The number of aliphatic hydroxyl groups excluding tert-OH is 1. The molecule has 1 fully saturated rings. The van der Waals surface area contributed by atoms with Gasteiger partial charge in [0.15, 0.2) is 0 Å². The minimum absolute atomic E-state index is 0.190. The lowest BCUT2D eigenvalue weighted by atomic mass is 10.1. The largest absolute Gasteiger partial charge is 0.387 e. The van der Waals surface area contributed by atoms with Crippen molar-refractivity contribution in [3.8, 4) is 0 Å². The number of amides is 2. The minimum atomic E-state index is -0.620. The standard InChI is InChI=1S/C20H18N2O3S/c1-21-19(24)18(26-20(21)25)15-8-5-9-16-14(15)10-11-22(16)12-17(23)13-6-3-2-4-7-13/h2-11,17-18,23H,12H2,1H3. The van der Waals surface area contributed by atoms with Crippen LogP contribution in [0.3, 0.4) is 0 Å². The van der Waals surface area contributed by atoms with Crippen LogP contribution in [0.15, 0.2) is 60.8 Å². The molecule has 1 aliphatic heterocycles. The molecule has 0 saturated carbocycles. The molecule has 0 radical (unpaired) electrons. The lowest BCUT2D eigenvalue weighted by Gasteiger charge is -2.14. The van der Waals surface area contributed by atoms with Gasteiger partial charge >= 0.3 is 0 Å². The van der Waals surface area contributed by atoms with E-state index in [0.29, 0.717) is 6.54 Å². The SMILES string of the molecule is CN1C(=O)SC(c2cccc3c2ccn3CC(O)c2ccccc2)C1=O. The van der Waals surface area contributed by atoms with Gasteiger partial charge in [-0.05, 0) is 35.0 Å². The maximum absolute atomic E-state index is 12.4. The van der Waals surface area contributed by atoms with Gasteiger partial charge in [0.25, 0.3) is 5.24 Å². The first-order valence-electron chi connectivity index (χ1n) is 8.35. The topological polar surface area (TPSA) is 62.5 Å². The molecule has 1 aromatic heterocycles. The summed E-state index contributed by atoms with van der Waals surface area (Å²) in [6.07, 6.45) is 1.29. The van der Waals surface area contributed by atoms with E-state index in [1.54, 1.807) is 0 Å². The molecule has 6 heteroatoms. The molecule has 0 aliphatic carbocycles. The number of rotatable bonds is 4. The van der Waals surface area contributed by atoms with E-state index in [9.17, 15) is 14.7 Å². The molecule has 26 heavy (non-hydrogen) atoms. The summed E-state index contributed by atoms with van der Waals surface area (Å²) in [6, 6.07) is 17.2. The van der Waals surface area contributed by atoms with Gasteiger partial charge in [0.05, 0.1) is 12.6 Å². The van der Waals surface area contributed by atoms with Gasteiger partial charge < -0.3 is 9.67 Å². The molecule has 3 aromatic rings. The molecule has 2 atom stereocenters. The van der Waals surface area contributed by atoms with Crippen LogP contribution in [0.5, 0.6) is 0 Å². The molecular formula is C20H18N2O3S. The molecule has 132 valence electrons. The predicted molar refractivity (Wildman–Crippen MR) is 102 cm³/mol. The molecule has 0 spiro atoms. The Bertz CT molecular complexity index is 983. The first kappa shape index (κ1) is 16.9. The Kier molecular flexibility index (Phi) is 4.30. The van der Waals surface area contributed by atoms with Crippen LogP contribution in [0, 0.1) is 0 Å². The van der Waals surface area contributed by atoms with Crippen molar-refractivity contribution in [2.24, 2.45) is 0 Å². The Hall–Kier alpha value is -2.57. The fraction of sp³-hybridized carbons (Fsp3) is 0.200. The average molecular weight is 366 g/mol. The van der Waals surface area contributed by atoms with E-state index in [-0.39, 0.29) is 11.1 Å². The molecule has 5 nitrogen and oxygen atoms in total. The number of hydrogen-bond acceptors (Lipinski definition) is 4. The van der Waals surface area contributed by atoms with Gasteiger partial charge in [-0.25, -0.2) is 0 Å². The Balaban J connectivity index is 1.68. The first-order valence-corrected chi connectivity index (χ1v) is 9.23. The number of carbonyl (C=O) groups is 2. The lowest BCUT2D eigenvalue weighted by molar-refractivity contribution is -0.125. The summed E-state index contributed by atoms with van der Waals surface area (Å²) in [4.78, 5) is 25.4. The number of carbonyl (C=O) groups excluding carboxylic acids is 2. The van der Waals surface area contributed by atoms with E-state index < -0.39 is 11.4 Å². The number of hydrogen-bond donors (Lipinski definition) is 1. The normalized spacial score (nSPS) is 18.7. The molecule has 2 aromatic carbocycles. The number of fused-ring (bicyclic) bond motifs is 1. The number of nitrogens with zero attached hydrogens (tertiary/aromatic N) is 2. The third kappa shape index (κ3) is 2.81. The number of thioether (sulfide) groups is 1. The van der Waals surface area contributed by atoms with E-state index in [2.05, 4.69) is 0 Å². The van der Waals surface area contributed by atoms with Crippen molar-refractivity contribution in [1.82, 2.24) is 9.47 Å². The minimum Gasteiger partial charge on any atom is -0.387 e. The Morgan fingerprint density at radius 3 is 2.54 bits per heavy atom. The van der Waals surface area contributed by atoms with E-state index in [1.807, 2.05) is 65.4 Å². The van der Waals surface area contributed by atoms with Crippen molar-refractivity contribution >= 4 is 33.8 Å². The molecular weight excluding hydrogens is 348 g/mol. The van der Waals surface area contributed by atoms with Crippen molar-refractivity contribution in [2.45, 2.75) is 17.9 Å². The summed E-state index contributed by atoms with van der Waals surface area (Å²) in [6.45, 7) is 0.418. The van der Waals surface area contributed by atoms with Crippen molar-refractivity contribution in [2.75, 3.05) is 7.05 Å². The maximum atomic E-state index is 12.4. The number of benzene rings is 2. The third-order valence-corrected chi connectivity index (χ3v) is 5.90. The fourth-order valence-corrected chi connectivity index (χ4v) is 4.34. The van der Waals surface area contributed by atoms with Gasteiger partial charge in [-0.15, -0.1) is 0 Å².